The molecule has 16 heteroatoms. The molecule has 4 rings (SSSR count). The molecule has 6 N–H and O–H groups in total. The van der Waals surface area contributed by atoms with Gasteiger partial charge in [0.1, 0.15) is 11.0 Å². The number of Topliss-reactive ketones (excluding diaryl/α,β-unsaturated/α-hetero) is 1. The van der Waals surface area contributed by atoms with Gasteiger partial charge in [0.25, 0.3) is 0 Å². The van der Waals surface area contributed by atoms with Crippen LogP contribution >= 0.6 is 0 Å². The van der Waals surface area contributed by atoms with Crippen LogP contribution in [0.15, 0.2) is 101 Å². The Labute approximate surface area is 389 Å². The molecule has 62 heavy (non-hydrogen) atoms. The van der Waals surface area contributed by atoms with Crippen molar-refractivity contribution < 1.29 is 73.6 Å². The summed E-state index contributed by atoms with van der Waals surface area (Å²) in [6, 6.07) is 28.0. The minimum Gasteiger partial charge on any atom is -0.494 e. The van der Waals surface area contributed by atoms with E-state index < -0.39 is 38.4 Å². The zero-order valence-electron chi connectivity index (χ0n) is 38.4. The van der Waals surface area contributed by atoms with Crippen molar-refractivity contribution in [2.75, 3.05) is 40.6 Å². The third-order valence-corrected chi connectivity index (χ3v) is 9.34. The number of rotatable bonds is 9. The number of hydrogen-bond donors (Lipinski definition) is 5. The minimum absolute atomic E-state index is 0. The molecule has 0 aliphatic rings. The number of aliphatic hydroxyl groups excluding tert-OH is 4. The van der Waals surface area contributed by atoms with Gasteiger partial charge in [0.2, 0.25) is 0 Å². The fraction of sp³-hybridized carbons (Fsp3) is 0.435. The summed E-state index contributed by atoms with van der Waals surface area (Å²) in [5.74, 6) is -0.714. The molecule has 0 saturated carbocycles. The number of nitrogens with zero attached hydrogens (tertiary/aromatic N) is 1. The molecule has 0 unspecified atom stereocenters. The van der Waals surface area contributed by atoms with Gasteiger partial charge in [0.15, 0.2) is 28.9 Å². The molecule has 0 amide bonds. The van der Waals surface area contributed by atoms with E-state index in [4.69, 9.17) is 35.0 Å². The molecule has 2 atom stereocenters. The van der Waals surface area contributed by atoms with Gasteiger partial charge < -0.3 is 29.9 Å². The Bertz CT molecular complexity index is 1820. The molecule has 0 aromatic heterocycles. The first kappa shape index (κ1) is 65.1. The summed E-state index contributed by atoms with van der Waals surface area (Å²) in [6.07, 6.45) is 0.813. The predicted octanol–water partition coefficient (Wildman–Crippen LogP) is 7.99. The molecule has 348 valence electrons. The summed E-state index contributed by atoms with van der Waals surface area (Å²) in [6.45, 7) is 18.9. The third-order valence-electron chi connectivity index (χ3n) is 6.70. The van der Waals surface area contributed by atoms with Gasteiger partial charge in [-0.3, -0.25) is 9.93 Å². The largest absolute Gasteiger partial charge is 0.494 e. The Morgan fingerprint density at radius 1 is 0.613 bits per heavy atom. The van der Waals surface area contributed by atoms with Gasteiger partial charge in [0.05, 0.1) is 40.4 Å². The summed E-state index contributed by atoms with van der Waals surface area (Å²) < 4.78 is 63.4. The maximum atomic E-state index is 13.7. The van der Waals surface area contributed by atoms with Crippen LogP contribution in [0.25, 0.3) is 0 Å². The number of benzene rings is 4. The van der Waals surface area contributed by atoms with E-state index >= 15 is 0 Å². The number of aliphatic hydroxyl groups is 4. The summed E-state index contributed by atoms with van der Waals surface area (Å²) in [4.78, 5) is 12.0. The quantitative estimate of drug-likeness (QED) is 0.0630. The first-order valence-electron chi connectivity index (χ1n) is 19.5. The van der Waals surface area contributed by atoms with Crippen LogP contribution in [0.1, 0.15) is 96.3 Å². The van der Waals surface area contributed by atoms with E-state index in [1.165, 1.54) is 38.5 Å². The summed E-state index contributed by atoms with van der Waals surface area (Å²) in [5.41, 5.74) is 3.79. The topological polar surface area (TPSA) is 189 Å². The molecule has 0 heterocycles. The van der Waals surface area contributed by atoms with E-state index in [0.29, 0.717) is 29.7 Å². The number of halogens is 2. The average molecular weight is 945 g/mol. The second-order valence-corrected chi connectivity index (χ2v) is 17.7. The average Bonchev–Trinajstić information content (AvgIpc) is 3.20. The first-order valence-corrected chi connectivity index (χ1v) is 21.8. The molecular weight excluding hydrogens is 875 g/mol. The van der Waals surface area contributed by atoms with Crippen LogP contribution in [0.4, 0.5) is 8.78 Å². The zero-order valence-corrected chi connectivity index (χ0v) is 41.6. The van der Waals surface area contributed by atoms with Gasteiger partial charge >= 0.3 is 0 Å². The number of ketones is 1. The van der Waals surface area contributed by atoms with Crippen molar-refractivity contribution in [1.82, 2.24) is 0 Å². The fourth-order valence-corrected chi connectivity index (χ4v) is 4.41. The molecule has 0 aliphatic heterocycles. The van der Waals surface area contributed by atoms with Gasteiger partial charge in [-0.05, 0) is 117 Å². The Kier molecular flexibility index (Phi) is 39.9. The standard InChI is InChI=1S/C19H22FNO2S.C15H13FO2.C4H11NOS.4C2H6O.Ti/c1-19(2,3)24(22)21-17(12-14-8-6-5-7-9-14)15-10-11-16(20)18(13-15)23-4;1-18-15-10-12(7-8-13(15)16)14(17)9-11-5-3-2-4-6-11;1-4(2,3)7(5)6;4*1-2-3;/h5-11,13H,12H2,1-4H3;2-8,10H,9H2,1H3;5H2,1-3H3;4*3H,2H2,1H3;/t24-;;7-;;;;;/m1.1...../s1. The van der Waals surface area contributed by atoms with Crippen molar-refractivity contribution >= 4 is 33.5 Å². The van der Waals surface area contributed by atoms with E-state index in [1.807, 2.05) is 102 Å². The number of nitrogens with two attached hydrogens (primary N) is 1. The molecule has 0 saturated heterocycles. The van der Waals surface area contributed by atoms with Crippen molar-refractivity contribution in [3.05, 3.63) is 131 Å². The SMILES string of the molecule is CC(C)(C)[S@](N)=O.CCO.CCO.CCO.CCO.COc1cc(C(=O)Cc2ccccc2)ccc1F.COc1cc(C(Cc2ccccc2)=N[S@](=O)C(C)(C)C)ccc1F.[Ti]. The van der Waals surface area contributed by atoms with E-state index in [-0.39, 0.29) is 70.2 Å². The van der Waals surface area contributed by atoms with Crippen LogP contribution in [-0.4, -0.2) is 90.5 Å². The van der Waals surface area contributed by atoms with Crippen molar-refractivity contribution in [3.63, 3.8) is 0 Å². The van der Waals surface area contributed by atoms with E-state index in [0.717, 1.165) is 11.1 Å². The molecule has 0 bridgehead atoms. The minimum atomic E-state index is -1.40. The van der Waals surface area contributed by atoms with Crippen molar-refractivity contribution in [2.45, 2.75) is 91.6 Å². The zero-order chi connectivity index (χ0) is 47.6. The maximum absolute atomic E-state index is 13.7. The Morgan fingerprint density at radius 2 is 0.935 bits per heavy atom. The normalized spacial score (nSPS) is 11.2. The Morgan fingerprint density at radius 3 is 1.26 bits per heavy atom. The Hall–Kier alpha value is -3.51. The smallest absolute Gasteiger partial charge is 0.167 e. The molecule has 4 aromatic rings. The molecule has 0 aliphatic carbocycles. The van der Waals surface area contributed by atoms with Gasteiger partial charge in [-0.15, -0.1) is 0 Å². The number of ether oxygens (including phenoxy) is 2. The van der Waals surface area contributed by atoms with Crippen LogP contribution in [0.3, 0.4) is 0 Å². The molecule has 0 spiro atoms. The second kappa shape index (κ2) is 38.0. The summed E-state index contributed by atoms with van der Waals surface area (Å²) >= 11 is 0. The predicted molar refractivity (Wildman–Crippen MR) is 248 cm³/mol. The van der Waals surface area contributed by atoms with Crippen LogP contribution in [0.5, 0.6) is 11.5 Å². The summed E-state index contributed by atoms with van der Waals surface area (Å²) in [7, 11) is 0.214. The van der Waals surface area contributed by atoms with Crippen molar-refractivity contribution in [1.29, 1.82) is 0 Å². The number of carbonyl (C=O) groups excluding carboxylic acids is 1. The molecule has 11 nitrogen and oxygen atoms in total. The van der Waals surface area contributed by atoms with Crippen LogP contribution in [0.2, 0.25) is 0 Å². The number of carbonyl (C=O) groups is 1. The second-order valence-electron chi connectivity index (χ2n) is 14.0. The van der Waals surface area contributed by atoms with Crippen LogP contribution in [0, 0.1) is 11.6 Å². The van der Waals surface area contributed by atoms with E-state index in [9.17, 15) is 22.0 Å². The number of hydrogen-bond acceptors (Lipinski definition) is 9. The van der Waals surface area contributed by atoms with Gasteiger partial charge in [-0.25, -0.2) is 17.2 Å². The van der Waals surface area contributed by atoms with E-state index in [2.05, 4.69) is 4.40 Å². The monoisotopic (exact) mass is 944 g/mol. The van der Waals surface area contributed by atoms with Gasteiger partial charge in [0, 0.05) is 72.1 Å². The molecule has 0 fully saturated rings. The molecule has 0 radical (unpaired) electrons. The third kappa shape index (κ3) is 31.4. The van der Waals surface area contributed by atoms with Gasteiger partial charge in [-0.2, -0.15) is 4.40 Å². The fourth-order valence-electron chi connectivity index (χ4n) is 3.77. The maximum Gasteiger partial charge on any atom is 0.167 e. The molecule has 4 aromatic carbocycles. The van der Waals surface area contributed by atoms with Crippen molar-refractivity contribution in [2.24, 2.45) is 9.54 Å². The Balaban J connectivity index is -0.000000387. The van der Waals surface area contributed by atoms with Crippen molar-refractivity contribution in [3.8, 4) is 11.5 Å². The molecular formula is C46H70F2N2O9S2Ti. The van der Waals surface area contributed by atoms with E-state index in [1.54, 1.807) is 39.8 Å². The van der Waals surface area contributed by atoms with Crippen LogP contribution < -0.4 is 14.6 Å². The van der Waals surface area contributed by atoms with Gasteiger partial charge in [-0.1, -0.05) is 60.7 Å². The van der Waals surface area contributed by atoms with Crippen LogP contribution in [-0.2, 0) is 56.5 Å². The summed E-state index contributed by atoms with van der Waals surface area (Å²) in [5, 5.41) is 35.3. The first-order chi connectivity index (χ1) is 28.6. The number of methoxy groups -OCH3 is 2.